The molecule has 0 radical (unpaired) electrons. The van der Waals surface area contributed by atoms with E-state index >= 15 is 0 Å². The number of benzene rings is 1. The average Bonchev–Trinajstić information content (AvgIpc) is 3.88. The number of hydrogen-bond donors (Lipinski definition) is 7. The summed E-state index contributed by atoms with van der Waals surface area (Å²) in [6.45, 7) is 12.7. The molecule has 0 unspecified atom stereocenters. The molecule has 4 aromatic heterocycles. The number of anilines is 2. The van der Waals surface area contributed by atoms with Crippen LogP contribution in [0.4, 0.5) is 11.8 Å². The summed E-state index contributed by atoms with van der Waals surface area (Å²) in [6.07, 6.45) is 7.26. The Morgan fingerprint density at radius 3 is 2.51 bits per heavy atom. The summed E-state index contributed by atoms with van der Waals surface area (Å²) >= 11 is 8.18. The maximum absolute atomic E-state index is 10.6. The van der Waals surface area contributed by atoms with Crippen molar-refractivity contribution in [2.45, 2.75) is 70.9 Å². The Hall–Kier alpha value is -4.76. The molecular formula is C40H49ClN10O3S. The van der Waals surface area contributed by atoms with Crippen molar-refractivity contribution < 1.29 is 14.6 Å². The molecular weight excluding hydrogens is 736 g/mol. The fourth-order valence-corrected chi connectivity index (χ4v) is 9.76. The Morgan fingerprint density at radius 1 is 1.05 bits per heavy atom. The zero-order valence-corrected chi connectivity index (χ0v) is 33.1. The topological polar surface area (TPSA) is 220 Å². The quantitative estimate of drug-likeness (QED) is 0.0421. The number of halogens is 1. The largest absolute Gasteiger partial charge is 0.454 e. The van der Waals surface area contributed by atoms with E-state index in [9.17, 15) is 10.2 Å². The first kappa shape index (κ1) is 38.5. The second kappa shape index (κ2) is 15.1. The maximum Gasteiger partial charge on any atom is 0.221 e. The molecule has 0 spiro atoms. The number of rotatable bonds is 12. The Balaban J connectivity index is 1.20. The third-order valence-corrected chi connectivity index (χ3v) is 13.2. The van der Waals surface area contributed by atoms with Crippen LogP contribution in [0.3, 0.4) is 0 Å². The number of aliphatic hydroxyl groups is 2. The van der Waals surface area contributed by atoms with Gasteiger partial charge in [-0.1, -0.05) is 31.2 Å². The fraction of sp³-hybridized carbons (Fsp3) is 0.425. The van der Waals surface area contributed by atoms with Crippen molar-refractivity contribution in [3.05, 3.63) is 76.4 Å². The molecule has 55 heavy (non-hydrogen) atoms. The number of aryl methyl sites for hydroxylation is 1. The first-order valence-electron chi connectivity index (χ1n) is 18.6. The number of nitrogens with zero attached hydrogens (tertiary/aromatic N) is 5. The van der Waals surface area contributed by atoms with Gasteiger partial charge in [0.1, 0.15) is 22.4 Å². The molecule has 7 rings (SSSR count). The molecule has 2 fully saturated rings. The predicted molar refractivity (Wildman–Crippen MR) is 221 cm³/mol. The van der Waals surface area contributed by atoms with E-state index in [1.807, 2.05) is 37.3 Å². The molecule has 13 nitrogen and oxygen atoms in total. The van der Waals surface area contributed by atoms with E-state index in [1.165, 1.54) is 11.3 Å². The molecule has 290 valence electrons. The second-order valence-corrected chi connectivity index (χ2v) is 17.1. The molecule has 6 atom stereocenters. The van der Waals surface area contributed by atoms with E-state index in [0.29, 0.717) is 45.5 Å². The summed E-state index contributed by atoms with van der Waals surface area (Å²) < 4.78 is 7.33. The van der Waals surface area contributed by atoms with Gasteiger partial charge in [0.05, 0.1) is 27.6 Å². The molecule has 15 heteroatoms. The smallest absolute Gasteiger partial charge is 0.221 e. The van der Waals surface area contributed by atoms with E-state index in [-0.39, 0.29) is 59.4 Å². The third-order valence-electron chi connectivity index (χ3n) is 11.9. The van der Waals surface area contributed by atoms with Crippen LogP contribution in [0.1, 0.15) is 62.7 Å². The van der Waals surface area contributed by atoms with Gasteiger partial charge in [0.15, 0.2) is 11.5 Å². The van der Waals surface area contributed by atoms with Crippen LogP contribution in [0.5, 0.6) is 0 Å². The van der Waals surface area contributed by atoms with Gasteiger partial charge in [-0.2, -0.15) is 9.98 Å². The summed E-state index contributed by atoms with van der Waals surface area (Å²) in [5, 5.41) is 29.5. The SMILES string of the molecule is C=C(Cl)/C(=C(\N=C(N)N)N[C@@]1(C)CC[C@H](CO)[C@H]1Cc1cc2cc(-c3cnc(N)nc3N[C@@]3(C)CC[C@H](CO)[C@H]3C)oc2cn1)c1nc2cc(C)ccc2s1. The van der Waals surface area contributed by atoms with Crippen LogP contribution in [-0.2, 0) is 6.42 Å². The molecule has 5 aromatic rings. The van der Waals surface area contributed by atoms with Gasteiger partial charge in [-0.25, -0.2) is 9.97 Å². The highest BCUT2D eigenvalue weighted by molar-refractivity contribution is 7.19. The number of furan rings is 1. The molecule has 2 saturated carbocycles. The number of aliphatic imine (C=N–C) groups is 1. The minimum Gasteiger partial charge on any atom is -0.454 e. The fourth-order valence-electron chi connectivity index (χ4n) is 8.51. The summed E-state index contributed by atoms with van der Waals surface area (Å²) in [7, 11) is 0. The first-order valence-corrected chi connectivity index (χ1v) is 19.8. The summed E-state index contributed by atoms with van der Waals surface area (Å²) in [5.74, 6) is 1.87. The zero-order chi connectivity index (χ0) is 39.2. The van der Waals surface area contributed by atoms with Gasteiger partial charge in [-0.3, -0.25) is 4.98 Å². The number of aromatic nitrogens is 4. The molecule has 0 amide bonds. The number of aliphatic hydroxyl groups excluding tert-OH is 2. The van der Waals surface area contributed by atoms with Crippen LogP contribution >= 0.6 is 22.9 Å². The molecule has 0 aliphatic heterocycles. The highest BCUT2D eigenvalue weighted by Crippen LogP contribution is 2.46. The summed E-state index contributed by atoms with van der Waals surface area (Å²) in [4.78, 5) is 23.1. The number of guanidine groups is 1. The number of thiazole rings is 1. The van der Waals surface area contributed by atoms with Crippen LogP contribution in [0.15, 0.2) is 69.6 Å². The maximum atomic E-state index is 10.6. The molecule has 2 aliphatic rings. The van der Waals surface area contributed by atoms with Crippen molar-refractivity contribution in [1.82, 2.24) is 25.3 Å². The standard InChI is InChI=1S/C40H49ClN10O3S/c1-20-6-7-32-29(12-20)47-36(55-32)33(22(3)41)35(48-37(42)43)51-40(5)11-9-24(19-53)28(40)15-26-13-25-14-30(54-31(25)17-45-26)27-16-46-38(44)49-34(27)50-39(4)10-8-23(18-52)21(39)2/h6-7,12-14,16-17,21,23-24,28,51-53H,3,8-11,15,18-19H2,1-2,4-5H3,(H4,42,43,48)(H3,44,46,49,50)/b35-33-/t21-,23-,24-,28-,39+,40+/m1/s1. The van der Waals surface area contributed by atoms with Crippen LogP contribution in [0.2, 0.25) is 0 Å². The molecule has 0 saturated heterocycles. The van der Waals surface area contributed by atoms with Crippen molar-refractivity contribution in [3.8, 4) is 11.3 Å². The van der Waals surface area contributed by atoms with E-state index in [4.69, 9.17) is 43.2 Å². The number of hydrogen-bond acceptors (Lipinski definition) is 12. The number of fused-ring (bicyclic) bond motifs is 2. The van der Waals surface area contributed by atoms with Gasteiger partial charge < -0.3 is 42.5 Å². The lowest BCUT2D eigenvalue weighted by molar-refractivity contribution is 0.161. The van der Waals surface area contributed by atoms with Crippen LogP contribution in [0, 0.1) is 30.6 Å². The molecule has 0 bridgehead atoms. The Morgan fingerprint density at radius 2 is 1.80 bits per heavy atom. The van der Waals surface area contributed by atoms with Crippen molar-refractivity contribution in [2.75, 3.05) is 24.3 Å². The summed E-state index contributed by atoms with van der Waals surface area (Å²) in [5.41, 5.74) is 21.8. The lowest BCUT2D eigenvalue weighted by atomic mass is 9.80. The normalized spacial score (nSPS) is 25.7. The molecule has 1 aromatic carbocycles. The highest BCUT2D eigenvalue weighted by Gasteiger charge is 2.46. The molecule has 4 heterocycles. The summed E-state index contributed by atoms with van der Waals surface area (Å²) in [6, 6.07) is 10.1. The van der Waals surface area contributed by atoms with E-state index in [0.717, 1.165) is 52.5 Å². The molecule has 10 N–H and O–H groups in total. The van der Waals surface area contributed by atoms with Gasteiger partial charge >= 0.3 is 0 Å². The van der Waals surface area contributed by atoms with Gasteiger partial charge in [0, 0.05) is 46.6 Å². The van der Waals surface area contributed by atoms with Crippen LogP contribution in [0.25, 0.3) is 38.1 Å². The van der Waals surface area contributed by atoms with Gasteiger partial charge in [-0.15, -0.1) is 11.3 Å². The molecule has 2 aliphatic carbocycles. The van der Waals surface area contributed by atoms with Crippen LogP contribution in [-0.4, -0.2) is 60.4 Å². The van der Waals surface area contributed by atoms with Crippen molar-refractivity contribution in [3.63, 3.8) is 0 Å². The first-order chi connectivity index (χ1) is 26.2. The third kappa shape index (κ3) is 7.60. The predicted octanol–water partition coefficient (Wildman–Crippen LogP) is 6.30. The van der Waals surface area contributed by atoms with Gasteiger partial charge in [0.2, 0.25) is 5.95 Å². The number of nitrogen functional groups attached to an aromatic ring is 1. The second-order valence-electron chi connectivity index (χ2n) is 15.6. The van der Waals surface area contributed by atoms with Gasteiger partial charge in [-0.05, 0) is 106 Å². The van der Waals surface area contributed by atoms with Crippen molar-refractivity contribution >= 4 is 67.4 Å². The number of nitrogens with one attached hydrogen (secondary N) is 2. The Kier molecular flexibility index (Phi) is 10.5. The Labute approximate surface area is 329 Å². The number of pyridine rings is 1. The minimum atomic E-state index is -0.574. The minimum absolute atomic E-state index is 0.0111. The van der Waals surface area contributed by atoms with Crippen LogP contribution < -0.4 is 27.8 Å². The lowest BCUT2D eigenvalue weighted by Crippen LogP contribution is -2.48. The number of nitrogens with two attached hydrogens (primary N) is 3. The zero-order valence-electron chi connectivity index (χ0n) is 31.6. The lowest BCUT2D eigenvalue weighted by Gasteiger charge is -2.36. The number of allylic oxidation sites excluding steroid dienone is 2. The Bertz CT molecular complexity index is 2320. The van der Waals surface area contributed by atoms with E-state index in [1.54, 1.807) is 12.4 Å². The average molecular weight is 785 g/mol. The van der Waals surface area contributed by atoms with Gasteiger partial charge in [0.25, 0.3) is 0 Å². The van der Waals surface area contributed by atoms with E-state index in [2.05, 4.69) is 52.9 Å². The highest BCUT2D eigenvalue weighted by atomic mass is 35.5. The monoisotopic (exact) mass is 784 g/mol. The van der Waals surface area contributed by atoms with E-state index < -0.39 is 5.54 Å². The van der Waals surface area contributed by atoms with Crippen molar-refractivity contribution in [2.24, 2.45) is 40.1 Å². The van der Waals surface area contributed by atoms with Crippen molar-refractivity contribution in [1.29, 1.82) is 0 Å².